The van der Waals surface area contributed by atoms with Crippen molar-refractivity contribution < 1.29 is 161 Å². The van der Waals surface area contributed by atoms with Crippen LogP contribution in [0.1, 0.15) is 20.8 Å². The highest BCUT2D eigenvalue weighted by molar-refractivity contribution is 7.80. The number of hydrogen-bond acceptors (Lipinski definition) is 33. The summed E-state index contributed by atoms with van der Waals surface area (Å²) in [7, 11) is -5.31. The van der Waals surface area contributed by atoms with Crippen molar-refractivity contribution in [2.24, 2.45) is 0 Å². The molecular formula is C42H75NO33S. The molecule has 18 N–H and O–H groups in total. The molecule has 22 aliphatic heterocycles. The van der Waals surface area contributed by atoms with E-state index in [9.17, 15) is 99.8 Å². The van der Waals surface area contributed by atoms with E-state index in [1.54, 1.807) is 0 Å². The number of hydrogen-bond donors (Lipinski definition) is 18. The average molecular weight is 1150 g/mol. The van der Waals surface area contributed by atoms with Crippen LogP contribution in [0.5, 0.6) is 0 Å². The minimum Gasteiger partial charge on any atom is -0.394 e. The van der Waals surface area contributed by atoms with Gasteiger partial charge in [-0.2, -0.15) is 8.42 Å². The lowest BCUT2D eigenvalue weighted by Gasteiger charge is -2.50. The molecule has 22 heterocycles. The Balaban J connectivity index is 0.00000128. The zero-order valence-electron chi connectivity index (χ0n) is 41.7. The molecule has 0 aromatic rings. The van der Waals surface area contributed by atoms with Gasteiger partial charge < -0.3 is 149 Å². The van der Waals surface area contributed by atoms with Crippen LogP contribution in [0.3, 0.4) is 0 Å². The molecule has 0 radical (unpaired) electrons. The van der Waals surface area contributed by atoms with Gasteiger partial charge in [0, 0.05) is 0 Å². The summed E-state index contributed by atoms with van der Waals surface area (Å²) < 4.78 is 105. The molecule has 34 nitrogen and oxygen atoms in total. The zero-order chi connectivity index (χ0) is 57.0. The summed E-state index contributed by atoms with van der Waals surface area (Å²) in [6, 6.07) is 0. The van der Waals surface area contributed by atoms with Gasteiger partial charge in [-0.25, -0.2) is 4.18 Å². The fraction of sp³-hybridized carbons (Fsp3) is 1.00. The zero-order valence-corrected chi connectivity index (χ0v) is 42.5. The van der Waals surface area contributed by atoms with Crippen LogP contribution in [0.25, 0.3) is 0 Å². The van der Waals surface area contributed by atoms with Crippen LogP contribution in [0.4, 0.5) is 0 Å². The van der Waals surface area contributed by atoms with Gasteiger partial charge in [0.05, 0.1) is 39.6 Å². The molecule has 0 aliphatic carbocycles. The highest BCUT2D eigenvalue weighted by Crippen LogP contribution is 2.38. The molecule has 22 rings (SSSR count). The lowest BCUT2D eigenvalue weighted by Crippen LogP contribution is -2.69. The fourth-order valence-corrected chi connectivity index (χ4v) is 10.0. The largest absolute Gasteiger partial charge is 0.397 e. The smallest absolute Gasteiger partial charge is 0.394 e. The summed E-state index contributed by atoms with van der Waals surface area (Å²) in [5, 5.41) is 186. The Kier molecular flexibility index (Phi) is 23.8. The molecule has 22 saturated heterocycles. The van der Waals surface area contributed by atoms with E-state index in [4.69, 9.17) is 56.8 Å². The fourth-order valence-electron chi connectivity index (χ4n) is 9.74. The standard InChI is InChI=1S/C36H60O33S.C6H15N/c37-1-7-25-13(42)19(48)31(58-7)65-26-8(2-38)60-33(21(50)15(26)44)67-28-10(4-40)62-35(23(52)17(28)46)69-30-12(6-57-70(54,55)56)63-36(24(53)18(30)47)68-29-11(5-41)61-34(22(51)16(29)45)66-27-9(3-39)59-32(64-25)20(49)14(27)43;1-4-7(5-2)6-3/h7-53H,1-6H2,(H,54,55,56);4-6H2,1-3H3/t7-,8-,9-,10-,11-,12-,13-,14-,15-,16-,17-,18-,19-,20-,21-,22-,23-,24-,25-,26-,27-,28-,29-,30-,31-,32-,33-,34-,35-,36-;/m1./s1. The first-order chi connectivity index (χ1) is 36.4. The van der Waals surface area contributed by atoms with Crippen LogP contribution in [0.2, 0.25) is 0 Å². The molecule has 0 amide bonds. The van der Waals surface area contributed by atoms with Gasteiger partial charge in [0.1, 0.15) is 146 Å². The molecule has 0 unspecified atom stereocenters. The van der Waals surface area contributed by atoms with E-state index in [1.807, 2.05) is 0 Å². The van der Waals surface area contributed by atoms with Gasteiger partial charge in [0.25, 0.3) is 0 Å². The first-order valence-corrected chi connectivity index (χ1v) is 26.2. The summed E-state index contributed by atoms with van der Waals surface area (Å²) in [6.45, 7) is 3.55. The van der Waals surface area contributed by atoms with Crippen molar-refractivity contribution in [1.29, 1.82) is 0 Å². The van der Waals surface area contributed by atoms with Crippen molar-refractivity contribution in [2.45, 2.75) is 205 Å². The number of ether oxygens (including phenoxy) is 12. The van der Waals surface area contributed by atoms with Crippen molar-refractivity contribution in [1.82, 2.24) is 4.90 Å². The molecule has 0 aromatic heterocycles. The molecule has 452 valence electrons. The second-order valence-corrected chi connectivity index (χ2v) is 20.1. The first kappa shape index (κ1) is 64.8. The second-order valence-electron chi connectivity index (χ2n) is 19.0. The van der Waals surface area contributed by atoms with E-state index in [0.29, 0.717) is 0 Å². The average Bonchev–Trinajstić information content (AvgIpc) is 3.43. The summed E-state index contributed by atoms with van der Waals surface area (Å²) in [4.78, 5) is 2.38. The third kappa shape index (κ3) is 14.5. The Hall–Kier alpha value is -1.33. The first-order valence-electron chi connectivity index (χ1n) is 24.8. The maximum Gasteiger partial charge on any atom is 0.397 e. The van der Waals surface area contributed by atoms with Crippen molar-refractivity contribution in [3.63, 3.8) is 0 Å². The minimum absolute atomic E-state index is 1.03. The summed E-state index contributed by atoms with van der Waals surface area (Å²) in [5.41, 5.74) is 0. The third-order valence-corrected chi connectivity index (χ3v) is 14.6. The number of nitrogens with zero attached hydrogens (tertiary/aromatic N) is 1. The molecule has 35 heteroatoms. The Morgan fingerprint density at radius 2 is 0.506 bits per heavy atom. The highest BCUT2D eigenvalue weighted by atomic mass is 32.3. The van der Waals surface area contributed by atoms with Crippen molar-refractivity contribution in [3.8, 4) is 0 Å². The molecule has 22 aliphatic rings. The van der Waals surface area contributed by atoms with Gasteiger partial charge in [0.2, 0.25) is 0 Å². The Bertz CT molecular complexity index is 1870. The number of aliphatic hydroxyl groups excluding tert-OH is 17. The van der Waals surface area contributed by atoms with E-state index in [2.05, 4.69) is 29.9 Å². The second kappa shape index (κ2) is 28.3. The van der Waals surface area contributed by atoms with Gasteiger partial charge in [-0.3, -0.25) is 4.55 Å². The maximum absolute atomic E-state index is 11.6. The molecule has 30 atom stereocenters. The van der Waals surface area contributed by atoms with Crippen LogP contribution in [-0.4, -0.2) is 348 Å². The monoisotopic (exact) mass is 1150 g/mol. The Morgan fingerprint density at radius 3 is 0.662 bits per heavy atom. The summed E-state index contributed by atoms with van der Waals surface area (Å²) in [5.74, 6) is 0. The van der Waals surface area contributed by atoms with Gasteiger partial charge in [-0.1, -0.05) is 20.8 Å². The van der Waals surface area contributed by atoms with Crippen LogP contribution in [-0.2, 0) is 71.4 Å². The van der Waals surface area contributed by atoms with E-state index in [1.165, 1.54) is 19.6 Å². The van der Waals surface area contributed by atoms with Crippen LogP contribution < -0.4 is 0 Å². The number of aliphatic hydroxyl groups is 17. The van der Waals surface area contributed by atoms with Crippen LogP contribution in [0, 0.1) is 0 Å². The van der Waals surface area contributed by atoms with E-state index in [0.717, 1.165) is 0 Å². The Labute approximate surface area is 439 Å². The molecule has 0 aromatic carbocycles. The molecule has 22 fully saturated rings. The van der Waals surface area contributed by atoms with Crippen molar-refractivity contribution in [2.75, 3.05) is 59.3 Å². The normalized spacial score (nSPS) is 49.2. The van der Waals surface area contributed by atoms with Crippen LogP contribution in [0.15, 0.2) is 0 Å². The van der Waals surface area contributed by atoms with Gasteiger partial charge >= 0.3 is 10.4 Å². The Morgan fingerprint density at radius 1 is 0.325 bits per heavy atom. The van der Waals surface area contributed by atoms with E-state index < -0.39 is 234 Å². The van der Waals surface area contributed by atoms with Gasteiger partial charge in [-0.05, 0) is 19.6 Å². The topological polar surface area (TPSA) is 522 Å². The van der Waals surface area contributed by atoms with E-state index in [-0.39, 0.29) is 0 Å². The maximum atomic E-state index is 11.6. The lowest BCUT2D eigenvalue weighted by molar-refractivity contribution is -0.403. The van der Waals surface area contributed by atoms with Gasteiger partial charge in [-0.15, -0.1) is 0 Å². The highest BCUT2D eigenvalue weighted by Gasteiger charge is 2.59. The lowest BCUT2D eigenvalue weighted by atomic mass is 9.94. The third-order valence-electron chi connectivity index (χ3n) is 14.2. The summed E-state index contributed by atoms with van der Waals surface area (Å²) >= 11 is 0. The predicted octanol–water partition coefficient (Wildman–Crippen LogP) is -11.9. The molecule has 0 saturated carbocycles. The SMILES string of the molecule is CCN(CC)CC.O=S(=O)(O)OC[C@H]1O[C@@H]2O[C@H]3[C@H](O)[C@@H](O)[C@@H](O[C@H]4[C@H](O)[C@@H](O)[C@@H](O[C@H]5[C@H](O)[C@@H](O)[C@@H](O[C@H]6[C@H](O)[C@@H](O)[C@@H](O[C@H]7[C@H](O)[C@@H](O)[C@@H](O[C@H]1[C@H](O)[C@H]2O)O[C@@H]7CO)O[C@@H]6CO)O[C@@H]5CO)O[C@@H]4CO)O[C@@H]3CO. The molecule has 12 bridgehead atoms. The van der Waals surface area contributed by atoms with Crippen molar-refractivity contribution in [3.05, 3.63) is 0 Å². The molecule has 0 spiro atoms. The van der Waals surface area contributed by atoms with Crippen molar-refractivity contribution >= 4 is 10.4 Å². The minimum atomic E-state index is -5.31. The quantitative estimate of drug-likeness (QED) is 0.0854. The van der Waals surface area contributed by atoms with Crippen LogP contribution >= 0.6 is 0 Å². The predicted molar refractivity (Wildman–Crippen MR) is 240 cm³/mol. The van der Waals surface area contributed by atoms with Gasteiger partial charge in [0.15, 0.2) is 37.7 Å². The van der Waals surface area contributed by atoms with E-state index >= 15 is 0 Å². The number of rotatable bonds is 11. The molecular weight excluding hydrogens is 1080 g/mol. The molecule has 77 heavy (non-hydrogen) atoms. The summed E-state index contributed by atoms with van der Waals surface area (Å²) in [6.07, 6.45) is -61.6.